The van der Waals surface area contributed by atoms with Gasteiger partial charge < -0.3 is 14.0 Å². The number of pyridine rings is 1. The van der Waals surface area contributed by atoms with Gasteiger partial charge in [-0.15, -0.1) is 0 Å². The van der Waals surface area contributed by atoms with E-state index in [4.69, 9.17) is 9.47 Å². The van der Waals surface area contributed by atoms with Crippen molar-refractivity contribution in [3.05, 3.63) is 40.8 Å². The molecule has 0 unspecified atom stereocenters. The standard InChI is InChI=1S/C19H26N2O3/c1-2-23-14-13-21-11-8-16-17(19(21)22)6-5-7-18(16)24-15-12-20-9-3-4-10-20/h5-8,11H,2-4,9-10,12-15H2,1H3. The molecule has 3 rings (SSSR count). The van der Waals surface area contributed by atoms with Crippen molar-refractivity contribution < 1.29 is 9.47 Å². The van der Waals surface area contributed by atoms with Crippen LogP contribution in [-0.4, -0.2) is 48.9 Å². The van der Waals surface area contributed by atoms with Crippen molar-refractivity contribution in [2.45, 2.75) is 26.3 Å². The lowest BCUT2D eigenvalue weighted by Crippen LogP contribution is -2.25. The zero-order chi connectivity index (χ0) is 16.8. The first kappa shape index (κ1) is 17.0. The molecule has 1 aliphatic rings. The lowest BCUT2D eigenvalue weighted by Gasteiger charge is -2.16. The third kappa shape index (κ3) is 3.97. The van der Waals surface area contributed by atoms with Gasteiger partial charge in [-0.3, -0.25) is 9.69 Å². The Hall–Kier alpha value is -1.85. The van der Waals surface area contributed by atoms with Gasteiger partial charge in [-0.2, -0.15) is 0 Å². The number of aromatic nitrogens is 1. The van der Waals surface area contributed by atoms with E-state index in [0.717, 1.165) is 17.7 Å². The lowest BCUT2D eigenvalue weighted by molar-refractivity contribution is 0.138. The number of ether oxygens (including phenoxy) is 2. The van der Waals surface area contributed by atoms with Crippen molar-refractivity contribution in [1.29, 1.82) is 0 Å². The molecule has 0 radical (unpaired) electrons. The fraction of sp³-hybridized carbons (Fsp3) is 0.526. The summed E-state index contributed by atoms with van der Waals surface area (Å²) in [7, 11) is 0. The maximum absolute atomic E-state index is 12.6. The van der Waals surface area contributed by atoms with Crippen LogP contribution in [-0.2, 0) is 11.3 Å². The largest absolute Gasteiger partial charge is 0.492 e. The summed E-state index contributed by atoms with van der Waals surface area (Å²) in [5.41, 5.74) is 0.0113. The van der Waals surface area contributed by atoms with Crippen molar-refractivity contribution >= 4 is 10.8 Å². The molecule has 2 aromatic rings. The number of benzene rings is 1. The molecule has 1 aliphatic heterocycles. The summed E-state index contributed by atoms with van der Waals surface area (Å²) >= 11 is 0. The van der Waals surface area contributed by atoms with Crippen molar-refractivity contribution in [3.63, 3.8) is 0 Å². The maximum Gasteiger partial charge on any atom is 0.258 e. The Morgan fingerprint density at radius 1 is 1.04 bits per heavy atom. The van der Waals surface area contributed by atoms with E-state index >= 15 is 0 Å². The van der Waals surface area contributed by atoms with Gasteiger partial charge in [-0.1, -0.05) is 6.07 Å². The maximum atomic E-state index is 12.6. The van der Waals surface area contributed by atoms with E-state index in [0.29, 0.717) is 31.8 Å². The van der Waals surface area contributed by atoms with Crippen LogP contribution in [0.5, 0.6) is 5.75 Å². The molecule has 1 saturated heterocycles. The minimum absolute atomic E-state index is 0.0113. The molecular weight excluding hydrogens is 304 g/mol. The van der Waals surface area contributed by atoms with Gasteiger partial charge in [-0.05, 0) is 51.1 Å². The highest BCUT2D eigenvalue weighted by molar-refractivity contribution is 5.87. The van der Waals surface area contributed by atoms with E-state index in [9.17, 15) is 4.79 Å². The van der Waals surface area contributed by atoms with Crippen molar-refractivity contribution in [2.24, 2.45) is 0 Å². The van der Waals surface area contributed by atoms with E-state index in [1.54, 1.807) is 4.57 Å². The van der Waals surface area contributed by atoms with E-state index < -0.39 is 0 Å². The Morgan fingerprint density at radius 2 is 1.88 bits per heavy atom. The zero-order valence-electron chi connectivity index (χ0n) is 14.4. The van der Waals surface area contributed by atoms with Crippen LogP contribution in [0.25, 0.3) is 10.8 Å². The Morgan fingerprint density at radius 3 is 2.67 bits per heavy atom. The Balaban J connectivity index is 1.72. The molecule has 5 heteroatoms. The molecule has 5 nitrogen and oxygen atoms in total. The Bertz CT molecular complexity index is 720. The first-order valence-electron chi connectivity index (χ1n) is 8.84. The van der Waals surface area contributed by atoms with Crippen LogP contribution in [0.3, 0.4) is 0 Å². The average molecular weight is 330 g/mol. The quantitative estimate of drug-likeness (QED) is 0.698. The van der Waals surface area contributed by atoms with Crippen LogP contribution in [0.4, 0.5) is 0 Å². The number of rotatable bonds is 8. The fourth-order valence-corrected chi connectivity index (χ4v) is 3.19. The fourth-order valence-electron chi connectivity index (χ4n) is 3.19. The Labute approximate surface area is 142 Å². The highest BCUT2D eigenvalue weighted by Crippen LogP contribution is 2.23. The van der Waals surface area contributed by atoms with Crippen LogP contribution in [0.2, 0.25) is 0 Å². The molecule has 0 N–H and O–H groups in total. The van der Waals surface area contributed by atoms with Gasteiger partial charge in [0.15, 0.2) is 0 Å². The van der Waals surface area contributed by atoms with Crippen LogP contribution in [0.15, 0.2) is 35.3 Å². The molecule has 0 amide bonds. The third-order valence-corrected chi connectivity index (χ3v) is 4.52. The number of fused-ring (bicyclic) bond motifs is 1. The van der Waals surface area contributed by atoms with Gasteiger partial charge in [0, 0.05) is 31.3 Å². The summed E-state index contributed by atoms with van der Waals surface area (Å²) < 4.78 is 13.0. The number of hydrogen-bond donors (Lipinski definition) is 0. The van der Waals surface area contributed by atoms with E-state index in [1.165, 1.54) is 25.9 Å². The summed E-state index contributed by atoms with van der Waals surface area (Å²) in [6.07, 6.45) is 4.40. The SMILES string of the molecule is CCOCCn1ccc2c(OCCN3CCCC3)cccc2c1=O. The van der Waals surface area contributed by atoms with Crippen LogP contribution >= 0.6 is 0 Å². The molecular formula is C19H26N2O3. The summed E-state index contributed by atoms with van der Waals surface area (Å²) in [5, 5.41) is 1.59. The number of likely N-dealkylation sites (tertiary alicyclic amines) is 1. The summed E-state index contributed by atoms with van der Waals surface area (Å²) in [5.74, 6) is 0.792. The van der Waals surface area contributed by atoms with Gasteiger partial charge in [0.05, 0.1) is 12.0 Å². The molecule has 2 heterocycles. The molecule has 0 saturated carbocycles. The summed E-state index contributed by atoms with van der Waals surface area (Å²) in [4.78, 5) is 15.0. The van der Waals surface area contributed by atoms with Crippen LogP contribution < -0.4 is 10.3 Å². The van der Waals surface area contributed by atoms with E-state index in [1.807, 2.05) is 37.4 Å². The van der Waals surface area contributed by atoms with Crippen molar-refractivity contribution in [1.82, 2.24) is 9.47 Å². The molecule has 1 aromatic heterocycles. The third-order valence-electron chi connectivity index (χ3n) is 4.52. The van der Waals surface area contributed by atoms with Gasteiger partial charge >= 0.3 is 0 Å². The van der Waals surface area contributed by atoms with Crippen molar-refractivity contribution in [3.8, 4) is 5.75 Å². The van der Waals surface area contributed by atoms with Crippen molar-refractivity contribution in [2.75, 3.05) is 39.5 Å². The average Bonchev–Trinajstić information content (AvgIpc) is 3.11. The predicted molar refractivity (Wildman–Crippen MR) is 95.9 cm³/mol. The minimum atomic E-state index is 0.0113. The molecule has 0 atom stereocenters. The first-order chi connectivity index (χ1) is 11.8. The second-order valence-electron chi connectivity index (χ2n) is 6.13. The molecule has 0 aliphatic carbocycles. The second-order valence-corrected chi connectivity index (χ2v) is 6.13. The molecule has 0 bridgehead atoms. The summed E-state index contributed by atoms with van der Waals surface area (Å²) in [6, 6.07) is 7.66. The molecule has 130 valence electrons. The number of hydrogen-bond acceptors (Lipinski definition) is 4. The minimum Gasteiger partial charge on any atom is -0.492 e. The smallest absolute Gasteiger partial charge is 0.258 e. The normalized spacial score (nSPS) is 15.2. The highest BCUT2D eigenvalue weighted by atomic mass is 16.5. The van der Waals surface area contributed by atoms with E-state index in [2.05, 4.69) is 4.90 Å². The number of nitrogens with zero attached hydrogens (tertiary/aromatic N) is 2. The lowest BCUT2D eigenvalue weighted by atomic mass is 10.1. The molecule has 0 spiro atoms. The molecule has 24 heavy (non-hydrogen) atoms. The molecule has 1 fully saturated rings. The highest BCUT2D eigenvalue weighted by Gasteiger charge is 2.12. The molecule has 1 aromatic carbocycles. The Kier molecular flexibility index (Phi) is 5.88. The van der Waals surface area contributed by atoms with Gasteiger partial charge in [0.2, 0.25) is 0 Å². The van der Waals surface area contributed by atoms with Gasteiger partial charge in [0.1, 0.15) is 12.4 Å². The topological polar surface area (TPSA) is 43.7 Å². The zero-order valence-corrected chi connectivity index (χ0v) is 14.4. The second kappa shape index (κ2) is 8.31. The van der Waals surface area contributed by atoms with E-state index in [-0.39, 0.29) is 5.56 Å². The monoisotopic (exact) mass is 330 g/mol. The van der Waals surface area contributed by atoms with Gasteiger partial charge in [0.25, 0.3) is 5.56 Å². The van der Waals surface area contributed by atoms with Crippen LogP contribution in [0.1, 0.15) is 19.8 Å². The van der Waals surface area contributed by atoms with Gasteiger partial charge in [-0.25, -0.2) is 0 Å². The predicted octanol–water partition coefficient (Wildman–Crippen LogP) is 2.51. The van der Waals surface area contributed by atoms with Crippen LogP contribution in [0, 0.1) is 0 Å². The first-order valence-corrected chi connectivity index (χ1v) is 8.84. The summed E-state index contributed by atoms with van der Waals surface area (Å²) in [6.45, 7) is 7.68.